The molecule has 8 nitrogen and oxygen atoms in total. The number of methoxy groups -OCH3 is 2. The van der Waals surface area contributed by atoms with E-state index < -0.39 is 4.92 Å². The number of ether oxygens (including phenoxy) is 2. The minimum Gasteiger partial charge on any atom is -0.493 e. The van der Waals surface area contributed by atoms with Gasteiger partial charge in [0, 0.05) is 38.3 Å². The van der Waals surface area contributed by atoms with E-state index in [-0.39, 0.29) is 11.6 Å². The van der Waals surface area contributed by atoms with Gasteiger partial charge < -0.3 is 19.3 Å². The second kappa shape index (κ2) is 9.68. The lowest BCUT2D eigenvalue weighted by atomic mass is 9.98. The van der Waals surface area contributed by atoms with Crippen molar-refractivity contribution in [2.24, 2.45) is 5.92 Å². The third kappa shape index (κ3) is 5.07. The predicted molar refractivity (Wildman–Crippen MR) is 119 cm³/mol. The lowest BCUT2D eigenvalue weighted by Gasteiger charge is -2.31. The Balaban J connectivity index is 1.79. The van der Waals surface area contributed by atoms with Crippen LogP contribution in [0.2, 0.25) is 0 Å². The minimum atomic E-state index is -0.404. The van der Waals surface area contributed by atoms with Gasteiger partial charge >= 0.3 is 0 Å². The summed E-state index contributed by atoms with van der Waals surface area (Å²) in [4.78, 5) is 27.9. The molecular formula is C23H29N3O5. The van der Waals surface area contributed by atoms with E-state index in [0.717, 1.165) is 31.5 Å². The van der Waals surface area contributed by atoms with Crippen molar-refractivity contribution >= 4 is 17.3 Å². The zero-order chi connectivity index (χ0) is 22.5. The van der Waals surface area contributed by atoms with Gasteiger partial charge in [-0.15, -0.1) is 0 Å². The van der Waals surface area contributed by atoms with Gasteiger partial charge in [0.25, 0.3) is 11.6 Å². The summed E-state index contributed by atoms with van der Waals surface area (Å²) in [6.07, 6.45) is 2.01. The summed E-state index contributed by atoms with van der Waals surface area (Å²) in [7, 11) is 4.79. The molecule has 1 aliphatic heterocycles. The van der Waals surface area contributed by atoms with Crippen LogP contribution in [0.1, 0.15) is 35.7 Å². The highest BCUT2D eigenvalue weighted by Crippen LogP contribution is 2.33. The van der Waals surface area contributed by atoms with Gasteiger partial charge in [-0.25, -0.2) is 0 Å². The van der Waals surface area contributed by atoms with Crippen molar-refractivity contribution in [2.75, 3.05) is 39.3 Å². The molecule has 1 aliphatic rings. The molecule has 0 aromatic heterocycles. The van der Waals surface area contributed by atoms with Crippen LogP contribution in [0.25, 0.3) is 0 Å². The Labute approximate surface area is 182 Å². The lowest BCUT2D eigenvalue weighted by Crippen LogP contribution is -2.33. The molecular weight excluding hydrogens is 398 g/mol. The van der Waals surface area contributed by atoms with Crippen molar-refractivity contribution in [1.29, 1.82) is 0 Å². The Kier molecular flexibility index (Phi) is 6.99. The number of anilines is 1. The zero-order valence-corrected chi connectivity index (χ0v) is 18.5. The molecule has 166 valence electrons. The Morgan fingerprint density at radius 1 is 1.13 bits per heavy atom. The molecule has 8 heteroatoms. The molecule has 1 fully saturated rings. The van der Waals surface area contributed by atoms with Crippen LogP contribution in [-0.4, -0.2) is 50.1 Å². The Morgan fingerprint density at radius 3 is 2.42 bits per heavy atom. The number of benzene rings is 2. The molecule has 31 heavy (non-hydrogen) atoms. The van der Waals surface area contributed by atoms with E-state index in [1.165, 1.54) is 11.0 Å². The van der Waals surface area contributed by atoms with E-state index in [4.69, 9.17) is 9.47 Å². The zero-order valence-electron chi connectivity index (χ0n) is 18.5. The summed E-state index contributed by atoms with van der Waals surface area (Å²) >= 11 is 0. The summed E-state index contributed by atoms with van der Waals surface area (Å²) in [5.41, 5.74) is 1.71. The quantitative estimate of drug-likeness (QED) is 0.488. The standard InChI is InChI=1S/C23H29N3O5/c1-16-9-11-25(12-10-16)19-7-6-18(14-20(19)26(28)29)23(27)24(2)15-17-5-8-21(30-3)22(13-17)31-4/h5-8,13-14,16H,9-12,15H2,1-4H3. The van der Waals surface area contributed by atoms with Gasteiger partial charge in [-0.05, 0) is 48.6 Å². The van der Waals surface area contributed by atoms with Crippen molar-refractivity contribution in [1.82, 2.24) is 4.90 Å². The number of nitrogens with zero attached hydrogens (tertiary/aromatic N) is 3. The van der Waals surface area contributed by atoms with Crippen molar-refractivity contribution < 1.29 is 19.2 Å². The number of hydrogen-bond acceptors (Lipinski definition) is 6. The van der Waals surface area contributed by atoms with Crippen LogP contribution in [0.3, 0.4) is 0 Å². The first-order valence-electron chi connectivity index (χ1n) is 10.3. The predicted octanol–water partition coefficient (Wildman–Crippen LogP) is 4.12. The fraction of sp³-hybridized carbons (Fsp3) is 0.435. The van der Waals surface area contributed by atoms with Crippen LogP contribution in [0.5, 0.6) is 11.5 Å². The summed E-state index contributed by atoms with van der Waals surface area (Å²) in [6, 6.07) is 10.2. The van der Waals surface area contributed by atoms with Gasteiger partial charge in [0.2, 0.25) is 0 Å². The molecule has 3 rings (SSSR count). The topological polar surface area (TPSA) is 85.2 Å². The summed E-state index contributed by atoms with van der Waals surface area (Å²) < 4.78 is 10.6. The molecule has 0 aliphatic carbocycles. The van der Waals surface area contributed by atoms with Crippen LogP contribution >= 0.6 is 0 Å². The van der Waals surface area contributed by atoms with Gasteiger partial charge in [0.05, 0.1) is 19.1 Å². The molecule has 0 radical (unpaired) electrons. The smallest absolute Gasteiger partial charge is 0.293 e. The summed E-state index contributed by atoms with van der Waals surface area (Å²) in [5.74, 6) is 1.54. The average molecular weight is 428 g/mol. The molecule has 1 saturated heterocycles. The Hall–Kier alpha value is -3.29. The largest absolute Gasteiger partial charge is 0.493 e. The van der Waals surface area contributed by atoms with Gasteiger partial charge in [-0.2, -0.15) is 0 Å². The minimum absolute atomic E-state index is 0.0279. The van der Waals surface area contributed by atoms with Crippen LogP contribution in [0.4, 0.5) is 11.4 Å². The summed E-state index contributed by atoms with van der Waals surface area (Å²) in [5, 5.41) is 11.7. The van der Waals surface area contributed by atoms with E-state index in [0.29, 0.717) is 35.2 Å². The summed E-state index contributed by atoms with van der Waals surface area (Å²) in [6.45, 7) is 4.10. The van der Waals surface area contributed by atoms with E-state index >= 15 is 0 Å². The van der Waals surface area contributed by atoms with Gasteiger partial charge in [0.1, 0.15) is 5.69 Å². The fourth-order valence-electron chi connectivity index (χ4n) is 3.86. The van der Waals surface area contributed by atoms with Crippen molar-refractivity contribution in [2.45, 2.75) is 26.3 Å². The van der Waals surface area contributed by atoms with Crippen LogP contribution < -0.4 is 14.4 Å². The van der Waals surface area contributed by atoms with Crippen molar-refractivity contribution in [3.05, 3.63) is 57.6 Å². The van der Waals surface area contributed by atoms with Gasteiger partial charge in [-0.1, -0.05) is 13.0 Å². The van der Waals surface area contributed by atoms with Crippen LogP contribution in [-0.2, 0) is 6.54 Å². The molecule has 0 N–H and O–H groups in total. The molecule has 2 aromatic carbocycles. The second-order valence-electron chi connectivity index (χ2n) is 7.98. The molecule has 0 unspecified atom stereocenters. The average Bonchev–Trinajstić information content (AvgIpc) is 2.78. The number of hydrogen-bond donors (Lipinski definition) is 0. The molecule has 2 aromatic rings. The number of amides is 1. The molecule has 1 amide bonds. The van der Waals surface area contributed by atoms with Gasteiger partial charge in [-0.3, -0.25) is 14.9 Å². The van der Waals surface area contributed by atoms with Crippen molar-refractivity contribution in [3.63, 3.8) is 0 Å². The third-order valence-electron chi connectivity index (χ3n) is 5.76. The van der Waals surface area contributed by atoms with E-state index in [9.17, 15) is 14.9 Å². The molecule has 1 heterocycles. The maximum absolute atomic E-state index is 13.0. The normalized spacial score (nSPS) is 14.3. The highest BCUT2D eigenvalue weighted by Gasteiger charge is 2.25. The second-order valence-corrected chi connectivity index (χ2v) is 7.98. The number of nitro groups is 1. The lowest BCUT2D eigenvalue weighted by molar-refractivity contribution is -0.384. The Bertz CT molecular complexity index is 954. The number of piperidine rings is 1. The molecule has 0 atom stereocenters. The first-order chi connectivity index (χ1) is 14.8. The number of nitro benzene ring substituents is 1. The third-order valence-corrected chi connectivity index (χ3v) is 5.76. The van der Waals surface area contributed by atoms with Crippen molar-refractivity contribution in [3.8, 4) is 11.5 Å². The van der Waals surface area contributed by atoms with Crippen LogP contribution in [0, 0.1) is 16.0 Å². The van der Waals surface area contributed by atoms with E-state index in [1.807, 2.05) is 17.0 Å². The molecule has 0 saturated carbocycles. The molecule has 0 spiro atoms. The highest BCUT2D eigenvalue weighted by molar-refractivity contribution is 5.95. The maximum atomic E-state index is 13.0. The number of carbonyl (C=O) groups excluding carboxylic acids is 1. The first-order valence-corrected chi connectivity index (χ1v) is 10.3. The Morgan fingerprint density at radius 2 is 1.81 bits per heavy atom. The maximum Gasteiger partial charge on any atom is 0.293 e. The van der Waals surface area contributed by atoms with E-state index in [1.54, 1.807) is 39.5 Å². The monoisotopic (exact) mass is 427 g/mol. The first kappa shape index (κ1) is 22.4. The number of rotatable bonds is 7. The highest BCUT2D eigenvalue weighted by atomic mass is 16.6. The molecule has 0 bridgehead atoms. The number of carbonyl (C=O) groups is 1. The SMILES string of the molecule is COc1ccc(CN(C)C(=O)c2ccc(N3CCC(C)CC3)c([N+](=O)[O-])c2)cc1OC. The van der Waals surface area contributed by atoms with Gasteiger partial charge in [0.15, 0.2) is 11.5 Å². The van der Waals surface area contributed by atoms with Crippen LogP contribution in [0.15, 0.2) is 36.4 Å². The van der Waals surface area contributed by atoms with E-state index in [2.05, 4.69) is 6.92 Å². The fourth-order valence-corrected chi connectivity index (χ4v) is 3.86.